The van der Waals surface area contributed by atoms with Crippen LogP contribution in [0.4, 0.5) is 4.79 Å². The van der Waals surface area contributed by atoms with Gasteiger partial charge in [-0.25, -0.2) is 4.79 Å². The highest BCUT2D eigenvalue weighted by Gasteiger charge is 2.36. The predicted molar refractivity (Wildman–Crippen MR) is 66.0 cm³/mol. The van der Waals surface area contributed by atoms with E-state index in [0.29, 0.717) is 13.0 Å². The zero-order valence-corrected chi connectivity index (χ0v) is 11.5. The molecular formula is C12H22N2O4. The highest BCUT2D eigenvalue weighted by atomic mass is 16.6. The van der Waals surface area contributed by atoms with E-state index in [1.165, 1.54) is 12.0 Å². The molecule has 1 N–H and O–H groups in total. The molecule has 1 atom stereocenters. The molecule has 1 rings (SSSR count). The Morgan fingerprint density at radius 2 is 2.06 bits per heavy atom. The SMILES string of the molecule is COCNC(=O)C1CCCN1C(=O)OC(C)(C)C. The van der Waals surface area contributed by atoms with E-state index in [4.69, 9.17) is 9.47 Å². The fourth-order valence-corrected chi connectivity index (χ4v) is 1.84. The molecule has 6 heteroatoms. The van der Waals surface area contributed by atoms with E-state index in [0.717, 1.165) is 6.42 Å². The third-order valence-electron chi connectivity index (χ3n) is 2.57. The molecule has 104 valence electrons. The van der Waals surface area contributed by atoms with Crippen LogP contribution in [0.1, 0.15) is 33.6 Å². The second kappa shape index (κ2) is 6.04. The number of hydrogen-bond donors (Lipinski definition) is 1. The smallest absolute Gasteiger partial charge is 0.410 e. The first-order valence-electron chi connectivity index (χ1n) is 6.11. The van der Waals surface area contributed by atoms with E-state index in [1.54, 1.807) is 20.8 Å². The van der Waals surface area contributed by atoms with E-state index in [9.17, 15) is 9.59 Å². The maximum Gasteiger partial charge on any atom is 0.410 e. The van der Waals surface area contributed by atoms with Crippen molar-refractivity contribution in [1.82, 2.24) is 10.2 Å². The van der Waals surface area contributed by atoms with Gasteiger partial charge in [-0.05, 0) is 33.6 Å². The average molecular weight is 258 g/mol. The monoisotopic (exact) mass is 258 g/mol. The molecule has 0 aromatic rings. The van der Waals surface area contributed by atoms with Crippen LogP contribution in [0.5, 0.6) is 0 Å². The van der Waals surface area contributed by atoms with Gasteiger partial charge in [0.15, 0.2) is 0 Å². The van der Waals surface area contributed by atoms with Crippen LogP contribution in [0, 0.1) is 0 Å². The summed E-state index contributed by atoms with van der Waals surface area (Å²) < 4.78 is 10.1. The Balaban J connectivity index is 2.59. The van der Waals surface area contributed by atoms with Gasteiger partial charge in [0.25, 0.3) is 0 Å². The quantitative estimate of drug-likeness (QED) is 0.770. The van der Waals surface area contributed by atoms with Crippen LogP contribution in [0.15, 0.2) is 0 Å². The van der Waals surface area contributed by atoms with E-state index in [1.807, 2.05) is 0 Å². The summed E-state index contributed by atoms with van der Waals surface area (Å²) >= 11 is 0. The van der Waals surface area contributed by atoms with Gasteiger partial charge >= 0.3 is 6.09 Å². The van der Waals surface area contributed by atoms with E-state index in [-0.39, 0.29) is 12.6 Å². The molecule has 1 aliphatic rings. The maximum absolute atomic E-state index is 11.9. The van der Waals surface area contributed by atoms with Crippen molar-refractivity contribution in [1.29, 1.82) is 0 Å². The van der Waals surface area contributed by atoms with E-state index >= 15 is 0 Å². The fraction of sp³-hybridized carbons (Fsp3) is 0.833. The van der Waals surface area contributed by atoms with Crippen molar-refractivity contribution in [3.05, 3.63) is 0 Å². The van der Waals surface area contributed by atoms with Crippen LogP contribution in [-0.4, -0.2) is 48.9 Å². The van der Waals surface area contributed by atoms with Crippen molar-refractivity contribution in [3.63, 3.8) is 0 Å². The summed E-state index contributed by atoms with van der Waals surface area (Å²) in [7, 11) is 1.50. The first-order valence-corrected chi connectivity index (χ1v) is 6.11. The molecule has 1 unspecified atom stereocenters. The molecule has 1 fully saturated rings. The van der Waals surface area contributed by atoms with Gasteiger partial charge in [-0.2, -0.15) is 0 Å². The minimum Gasteiger partial charge on any atom is -0.444 e. The van der Waals surface area contributed by atoms with Crippen LogP contribution in [0.2, 0.25) is 0 Å². The van der Waals surface area contributed by atoms with E-state index in [2.05, 4.69) is 5.32 Å². The highest BCUT2D eigenvalue weighted by molar-refractivity contribution is 5.86. The Bertz CT molecular complexity index is 312. The lowest BCUT2D eigenvalue weighted by Gasteiger charge is -2.27. The maximum atomic E-state index is 11.9. The summed E-state index contributed by atoms with van der Waals surface area (Å²) in [4.78, 5) is 25.3. The molecule has 2 amide bonds. The molecule has 1 aliphatic heterocycles. The second-order valence-corrected chi connectivity index (χ2v) is 5.31. The Morgan fingerprint density at radius 3 is 2.61 bits per heavy atom. The molecule has 0 aromatic heterocycles. The average Bonchev–Trinajstić information content (AvgIpc) is 2.72. The molecule has 0 aliphatic carbocycles. The summed E-state index contributed by atoms with van der Waals surface area (Å²) in [6.45, 7) is 6.13. The lowest BCUT2D eigenvalue weighted by Crippen LogP contribution is -2.47. The number of nitrogens with zero attached hydrogens (tertiary/aromatic N) is 1. The molecule has 1 heterocycles. The Morgan fingerprint density at radius 1 is 1.39 bits per heavy atom. The predicted octanol–water partition coefficient (Wildman–Crippen LogP) is 1.11. The van der Waals surface area contributed by atoms with Crippen molar-refractivity contribution in [3.8, 4) is 0 Å². The lowest BCUT2D eigenvalue weighted by molar-refractivity contribution is -0.126. The van der Waals surface area contributed by atoms with Crippen molar-refractivity contribution < 1.29 is 19.1 Å². The van der Waals surface area contributed by atoms with Gasteiger partial charge in [0.1, 0.15) is 18.4 Å². The minimum atomic E-state index is -0.548. The summed E-state index contributed by atoms with van der Waals surface area (Å²) in [6, 6.07) is -0.449. The number of ether oxygens (including phenoxy) is 2. The number of carbonyl (C=O) groups excluding carboxylic acids is 2. The van der Waals surface area contributed by atoms with Gasteiger partial charge in [-0.1, -0.05) is 0 Å². The van der Waals surface area contributed by atoms with Crippen molar-refractivity contribution in [2.75, 3.05) is 20.4 Å². The number of rotatable bonds is 3. The van der Waals surface area contributed by atoms with Crippen LogP contribution >= 0.6 is 0 Å². The number of likely N-dealkylation sites (tertiary alicyclic amines) is 1. The normalized spacial score (nSPS) is 19.8. The molecule has 1 saturated heterocycles. The molecule has 0 spiro atoms. The lowest BCUT2D eigenvalue weighted by atomic mass is 10.2. The number of methoxy groups -OCH3 is 1. The van der Waals surface area contributed by atoms with Gasteiger partial charge in [-0.3, -0.25) is 9.69 Å². The fourth-order valence-electron chi connectivity index (χ4n) is 1.84. The summed E-state index contributed by atoms with van der Waals surface area (Å²) in [6.07, 6.45) is 1.04. The molecule has 6 nitrogen and oxygen atoms in total. The van der Waals surface area contributed by atoms with Crippen LogP contribution < -0.4 is 5.32 Å². The van der Waals surface area contributed by atoms with Gasteiger partial charge in [-0.15, -0.1) is 0 Å². The molecule has 18 heavy (non-hydrogen) atoms. The Labute approximate surface area is 108 Å². The first kappa shape index (κ1) is 14.8. The minimum absolute atomic E-state index is 0.150. The number of carbonyl (C=O) groups is 2. The number of hydrogen-bond acceptors (Lipinski definition) is 4. The van der Waals surface area contributed by atoms with Crippen LogP contribution in [0.3, 0.4) is 0 Å². The van der Waals surface area contributed by atoms with Crippen LogP contribution in [-0.2, 0) is 14.3 Å². The standard InChI is InChI=1S/C12H22N2O4/c1-12(2,3)18-11(16)14-7-5-6-9(14)10(15)13-8-17-4/h9H,5-8H2,1-4H3,(H,13,15). The third kappa shape index (κ3) is 4.18. The van der Waals surface area contributed by atoms with Gasteiger partial charge in [0.05, 0.1) is 0 Å². The highest BCUT2D eigenvalue weighted by Crippen LogP contribution is 2.20. The van der Waals surface area contributed by atoms with Crippen molar-refractivity contribution in [2.24, 2.45) is 0 Å². The van der Waals surface area contributed by atoms with Gasteiger partial charge in [0, 0.05) is 13.7 Å². The summed E-state index contributed by atoms with van der Waals surface area (Å²) in [5.41, 5.74) is -0.548. The van der Waals surface area contributed by atoms with Gasteiger partial charge in [0.2, 0.25) is 5.91 Å². The van der Waals surface area contributed by atoms with Crippen molar-refractivity contribution in [2.45, 2.75) is 45.3 Å². The first-order chi connectivity index (χ1) is 8.35. The number of nitrogens with one attached hydrogen (secondary N) is 1. The van der Waals surface area contributed by atoms with Crippen LogP contribution in [0.25, 0.3) is 0 Å². The summed E-state index contributed by atoms with van der Waals surface area (Å²) in [5.74, 6) is -0.194. The Kier molecular flexibility index (Phi) is 4.95. The topological polar surface area (TPSA) is 67.9 Å². The summed E-state index contributed by atoms with van der Waals surface area (Å²) in [5, 5.41) is 2.61. The zero-order chi connectivity index (χ0) is 13.8. The molecule has 0 saturated carbocycles. The zero-order valence-electron chi connectivity index (χ0n) is 11.5. The molecule has 0 bridgehead atoms. The van der Waals surface area contributed by atoms with Gasteiger partial charge < -0.3 is 14.8 Å². The molecule has 0 radical (unpaired) electrons. The molecule has 0 aromatic carbocycles. The second-order valence-electron chi connectivity index (χ2n) is 5.31. The Hall–Kier alpha value is -1.30. The third-order valence-corrected chi connectivity index (χ3v) is 2.57. The van der Waals surface area contributed by atoms with E-state index < -0.39 is 17.7 Å². The molecular weight excluding hydrogens is 236 g/mol. The largest absolute Gasteiger partial charge is 0.444 e. The van der Waals surface area contributed by atoms with Crippen molar-refractivity contribution >= 4 is 12.0 Å². The number of amides is 2.